The molecule has 2 rings (SSSR count). The predicted octanol–water partition coefficient (Wildman–Crippen LogP) is 4.37. The van der Waals surface area contributed by atoms with Crippen LogP contribution in [0.1, 0.15) is 11.1 Å². The van der Waals surface area contributed by atoms with Crippen LogP contribution in [0, 0.1) is 0 Å². The molecule has 0 spiro atoms. The van der Waals surface area contributed by atoms with Crippen LogP contribution in [-0.2, 0) is 12.4 Å². The Bertz CT molecular complexity index is 565. The monoisotopic (exact) mass is 314 g/mol. The average Bonchev–Trinajstić information content (AvgIpc) is 2.45. The lowest BCUT2D eigenvalue weighted by molar-refractivity contribution is -0.274. The van der Waals surface area contributed by atoms with Crippen LogP contribution < -0.4 is 4.74 Å². The number of hydrogen-bond acceptors (Lipinski definition) is 3. The van der Waals surface area contributed by atoms with Crippen molar-refractivity contribution in [2.24, 2.45) is 0 Å². The zero-order chi connectivity index (χ0) is 15.3. The van der Waals surface area contributed by atoms with Gasteiger partial charge in [-0.1, -0.05) is 24.3 Å². The van der Waals surface area contributed by atoms with Gasteiger partial charge in [-0.05, 0) is 35.4 Å². The SMILES string of the molecule is OCc1ccc(SCc2ccc(OC(F)(F)F)cc2)cc1. The number of halogens is 3. The third-order valence-electron chi connectivity index (χ3n) is 2.67. The normalized spacial score (nSPS) is 11.4. The molecule has 0 atom stereocenters. The van der Waals surface area contributed by atoms with Gasteiger partial charge in [0.05, 0.1) is 6.61 Å². The fraction of sp³-hybridized carbons (Fsp3) is 0.200. The molecule has 0 heterocycles. The molecule has 0 saturated heterocycles. The summed E-state index contributed by atoms with van der Waals surface area (Å²) in [5.41, 5.74) is 1.74. The molecule has 0 fully saturated rings. The molecule has 6 heteroatoms. The van der Waals surface area contributed by atoms with Gasteiger partial charge in [0.15, 0.2) is 0 Å². The van der Waals surface area contributed by atoms with Gasteiger partial charge in [-0.15, -0.1) is 24.9 Å². The first-order valence-corrected chi connectivity index (χ1v) is 7.12. The minimum absolute atomic E-state index is 0.00557. The van der Waals surface area contributed by atoms with E-state index in [1.807, 2.05) is 24.3 Å². The van der Waals surface area contributed by atoms with Crippen LogP contribution in [0.2, 0.25) is 0 Å². The third kappa shape index (κ3) is 5.32. The molecular formula is C15H13F3O2S. The highest BCUT2D eigenvalue weighted by atomic mass is 32.2. The van der Waals surface area contributed by atoms with Crippen molar-refractivity contribution in [1.29, 1.82) is 0 Å². The van der Waals surface area contributed by atoms with Crippen molar-refractivity contribution >= 4 is 11.8 Å². The Morgan fingerprint density at radius 3 is 2.00 bits per heavy atom. The summed E-state index contributed by atoms with van der Waals surface area (Å²) < 4.78 is 39.9. The standard InChI is InChI=1S/C15H13F3O2S/c16-15(17,18)20-13-5-1-12(2-6-13)10-21-14-7-3-11(9-19)4-8-14/h1-8,19H,9-10H2. The molecule has 2 nitrogen and oxygen atoms in total. The Hall–Kier alpha value is -1.66. The lowest BCUT2D eigenvalue weighted by atomic mass is 10.2. The predicted molar refractivity (Wildman–Crippen MR) is 75.1 cm³/mol. The quantitative estimate of drug-likeness (QED) is 0.831. The number of thioether (sulfide) groups is 1. The second-order valence-electron chi connectivity index (χ2n) is 4.28. The third-order valence-corrected chi connectivity index (χ3v) is 3.75. The first kappa shape index (κ1) is 15.7. The van der Waals surface area contributed by atoms with Crippen molar-refractivity contribution in [3.8, 4) is 5.75 Å². The van der Waals surface area contributed by atoms with Crippen LogP contribution in [-0.4, -0.2) is 11.5 Å². The van der Waals surface area contributed by atoms with Crippen LogP contribution in [0.3, 0.4) is 0 Å². The molecule has 112 valence electrons. The van der Waals surface area contributed by atoms with E-state index in [1.54, 1.807) is 23.9 Å². The first-order valence-electron chi connectivity index (χ1n) is 6.13. The lowest BCUT2D eigenvalue weighted by Crippen LogP contribution is -2.16. The summed E-state index contributed by atoms with van der Waals surface area (Å²) in [6, 6.07) is 13.3. The van der Waals surface area contributed by atoms with Crippen molar-refractivity contribution in [2.45, 2.75) is 23.6 Å². The average molecular weight is 314 g/mol. The fourth-order valence-electron chi connectivity index (χ4n) is 1.65. The molecule has 0 radical (unpaired) electrons. The number of aliphatic hydroxyl groups is 1. The summed E-state index contributed by atoms with van der Waals surface area (Å²) >= 11 is 1.57. The van der Waals surface area contributed by atoms with Crippen molar-refractivity contribution in [2.75, 3.05) is 0 Å². The Morgan fingerprint density at radius 1 is 0.905 bits per heavy atom. The van der Waals surface area contributed by atoms with Gasteiger partial charge in [0, 0.05) is 10.6 Å². The van der Waals surface area contributed by atoms with E-state index in [0.29, 0.717) is 5.75 Å². The van der Waals surface area contributed by atoms with Gasteiger partial charge < -0.3 is 9.84 Å². The first-order chi connectivity index (χ1) is 9.96. The maximum atomic E-state index is 12.0. The van der Waals surface area contributed by atoms with Gasteiger partial charge in [0.2, 0.25) is 0 Å². The van der Waals surface area contributed by atoms with Crippen LogP contribution >= 0.6 is 11.8 Å². The Kier molecular flexibility index (Phi) is 5.14. The molecule has 0 aliphatic rings. The maximum absolute atomic E-state index is 12.0. The van der Waals surface area contributed by atoms with E-state index in [2.05, 4.69) is 4.74 Å². The van der Waals surface area contributed by atoms with Crippen LogP contribution in [0.5, 0.6) is 5.75 Å². The molecule has 0 amide bonds. The molecule has 21 heavy (non-hydrogen) atoms. The second-order valence-corrected chi connectivity index (χ2v) is 5.33. The lowest BCUT2D eigenvalue weighted by Gasteiger charge is -2.09. The van der Waals surface area contributed by atoms with Crippen LogP contribution in [0.15, 0.2) is 53.4 Å². The molecule has 0 saturated carbocycles. The Morgan fingerprint density at radius 2 is 1.48 bits per heavy atom. The van der Waals surface area contributed by atoms with Gasteiger partial charge >= 0.3 is 6.36 Å². The fourth-order valence-corrected chi connectivity index (χ4v) is 2.50. The minimum Gasteiger partial charge on any atom is -0.406 e. The smallest absolute Gasteiger partial charge is 0.406 e. The minimum atomic E-state index is -4.66. The second kappa shape index (κ2) is 6.87. The van der Waals surface area contributed by atoms with E-state index in [9.17, 15) is 13.2 Å². The van der Waals surface area contributed by atoms with E-state index >= 15 is 0 Å². The van der Waals surface area contributed by atoms with Gasteiger partial charge in [-0.25, -0.2) is 0 Å². The number of hydrogen-bond donors (Lipinski definition) is 1. The summed E-state index contributed by atoms with van der Waals surface area (Å²) in [4.78, 5) is 1.03. The summed E-state index contributed by atoms with van der Waals surface area (Å²) in [7, 11) is 0. The molecule has 2 aromatic carbocycles. The highest BCUT2D eigenvalue weighted by Gasteiger charge is 2.30. The van der Waals surface area contributed by atoms with Crippen molar-refractivity contribution in [3.63, 3.8) is 0 Å². The molecular weight excluding hydrogens is 301 g/mol. The van der Waals surface area contributed by atoms with Crippen LogP contribution in [0.25, 0.3) is 0 Å². The summed E-state index contributed by atoms with van der Waals surface area (Å²) in [5.74, 6) is 0.425. The van der Waals surface area contributed by atoms with Gasteiger partial charge in [-0.2, -0.15) is 0 Å². The van der Waals surface area contributed by atoms with Gasteiger partial charge in [0.1, 0.15) is 5.75 Å². The van der Waals surface area contributed by atoms with Crippen molar-refractivity contribution in [3.05, 3.63) is 59.7 Å². The largest absolute Gasteiger partial charge is 0.573 e. The van der Waals surface area contributed by atoms with Crippen LogP contribution in [0.4, 0.5) is 13.2 Å². The molecule has 0 aromatic heterocycles. The van der Waals surface area contributed by atoms with E-state index in [1.165, 1.54) is 12.1 Å². The van der Waals surface area contributed by atoms with Crippen molar-refractivity contribution in [1.82, 2.24) is 0 Å². The molecule has 2 aromatic rings. The van der Waals surface area contributed by atoms with E-state index < -0.39 is 6.36 Å². The Balaban J connectivity index is 1.91. The summed E-state index contributed by atoms with van der Waals surface area (Å²) in [5, 5.41) is 8.94. The number of ether oxygens (including phenoxy) is 1. The number of alkyl halides is 3. The molecule has 0 bridgehead atoms. The highest BCUT2D eigenvalue weighted by Crippen LogP contribution is 2.26. The number of aliphatic hydroxyl groups excluding tert-OH is 1. The number of benzene rings is 2. The zero-order valence-electron chi connectivity index (χ0n) is 10.9. The molecule has 0 aliphatic heterocycles. The Labute approximate surface area is 124 Å². The maximum Gasteiger partial charge on any atom is 0.573 e. The van der Waals surface area contributed by atoms with Crippen molar-refractivity contribution < 1.29 is 23.0 Å². The van der Waals surface area contributed by atoms with Gasteiger partial charge in [-0.3, -0.25) is 0 Å². The summed E-state index contributed by atoms with van der Waals surface area (Å²) in [6.07, 6.45) is -4.66. The van der Waals surface area contributed by atoms with Gasteiger partial charge in [0.25, 0.3) is 0 Å². The summed E-state index contributed by atoms with van der Waals surface area (Å²) in [6.45, 7) is 0.00557. The number of rotatable bonds is 5. The topological polar surface area (TPSA) is 29.5 Å². The highest BCUT2D eigenvalue weighted by molar-refractivity contribution is 7.98. The molecule has 1 N–H and O–H groups in total. The van der Waals surface area contributed by atoms with E-state index in [-0.39, 0.29) is 12.4 Å². The van der Waals surface area contributed by atoms with E-state index in [0.717, 1.165) is 16.0 Å². The van der Waals surface area contributed by atoms with E-state index in [4.69, 9.17) is 5.11 Å². The zero-order valence-corrected chi connectivity index (χ0v) is 11.7. The molecule has 0 aliphatic carbocycles. The molecule has 0 unspecified atom stereocenters.